The maximum Gasteiger partial charge on any atom is 0.408 e. The lowest BCUT2D eigenvalue weighted by Crippen LogP contribution is -2.36. The number of ether oxygens (including phenoxy) is 1. The van der Waals surface area contributed by atoms with Crippen LogP contribution in [0.2, 0.25) is 0 Å². The Morgan fingerprint density at radius 1 is 1.32 bits per heavy atom. The Balaban J connectivity index is 3.06. The van der Waals surface area contributed by atoms with Crippen LogP contribution in [0.1, 0.15) is 45.7 Å². The summed E-state index contributed by atoms with van der Waals surface area (Å²) in [5, 5.41) is 2.77. The Kier molecular flexibility index (Phi) is 6.81. The number of hydrogen-bond acceptors (Lipinski definition) is 3. The third kappa shape index (κ3) is 6.02. The molecule has 1 rings (SSSR count). The van der Waals surface area contributed by atoms with E-state index in [4.69, 9.17) is 4.74 Å². The first-order valence-electron chi connectivity index (χ1n) is 7.17. The van der Waals surface area contributed by atoms with E-state index in [2.05, 4.69) is 21.2 Å². The van der Waals surface area contributed by atoms with Crippen LogP contribution >= 0.6 is 15.9 Å². The molecule has 22 heavy (non-hydrogen) atoms. The number of aldehydes is 1. The molecule has 120 valence electrons. The molecule has 0 radical (unpaired) electrons. The van der Waals surface area contributed by atoms with Crippen LogP contribution in [-0.2, 0) is 9.53 Å². The van der Waals surface area contributed by atoms with E-state index in [1.165, 1.54) is 0 Å². The summed E-state index contributed by atoms with van der Waals surface area (Å²) in [6.45, 7) is 7.33. The molecule has 0 unspecified atom stereocenters. The van der Waals surface area contributed by atoms with E-state index >= 15 is 0 Å². The number of hydrogen-bond donors (Lipinski definition) is 1. The average molecular weight is 368 g/mol. The SMILES string of the molecule is CC/C=C(/C=O)[C@H](NC(=O)OC(C)(C)C)c1ccc(Br)cc1. The van der Waals surface area contributed by atoms with Gasteiger partial charge in [0.25, 0.3) is 0 Å². The van der Waals surface area contributed by atoms with Crippen molar-refractivity contribution in [2.24, 2.45) is 0 Å². The summed E-state index contributed by atoms with van der Waals surface area (Å²) in [6, 6.07) is 6.93. The monoisotopic (exact) mass is 367 g/mol. The molecule has 5 heteroatoms. The molecule has 0 bridgehead atoms. The van der Waals surface area contributed by atoms with Crippen molar-refractivity contribution < 1.29 is 14.3 Å². The first-order chi connectivity index (χ1) is 10.3. The second kappa shape index (κ2) is 8.13. The van der Waals surface area contributed by atoms with Crippen LogP contribution in [0.3, 0.4) is 0 Å². The van der Waals surface area contributed by atoms with Gasteiger partial charge in [0.1, 0.15) is 11.9 Å². The average Bonchev–Trinajstić information content (AvgIpc) is 2.42. The van der Waals surface area contributed by atoms with Crippen molar-refractivity contribution >= 4 is 28.3 Å². The van der Waals surface area contributed by atoms with Gasteiger partial charge in [-0.3, -0.25) is 4.79 Å². The zero-order valence-electron chi connectivity index (χ0n) is 13.4. The topological polar surface area (TPSA) is 55.4 Å². The minimum Gasteiger partial charge on any atom is -0.444 e. The van der Waals surface area contributed by atoms with Crippen LogP contribution < -0.4 is 5.32 Å². The van der Waals surface area contributed by atoms with Gasteiger partial charge in [-0.2, -0.15) is 0 Å². The number of amides is 1. The number of allylic oxidation sites excluding steroid dienone is 1. The molecule has 1 aromatic carbocycles. The Bertz CT molecular complexity index is 544. The molecule has 0 aromatic heterocycles. The van der Waals surface area contributed by atoms with Crippen LogP contribution in [0.25, 0.3) is 0 Å². The number of carbonyl (C=O) groups excluding carboxylic acids is 2. The maximum absolute atomic E-state index is 12.0. The summed E-state index contributed by atoms with van der Waals surface area (Å²) in [5.74, 6) is 0. The molecule has 0 saturated carbocycles. The Hall–Kier alpha value is -1.62. The summed E-state index contributed by atoms with van der Waals surface area (Å²) >= 11 is 3.37. The summed E-state index contributed by atoms with van der Waals surface area (Å²) < 4.78 is 6.21. The number of rotatable bonds is 5. The summed E-state index contributed by atoms with van der Waals surface area (Å²) in [5.41, 5.74) is 0.737. The van der Waals surface area contributed by atoms with Gasteiger partial charge in [-0.15, -0.1) is 0 Å². The lowest BCUT2D eigenvalue weighted by molar-refractivity contribution is -0.105. The predicted octanol–water partition coefficient (Wildman–Crippen LogP) is 4.55. The van der Waals surface area contributed by atoms with Crippen molar-refractivity contribution in [1.82, 2.24) is 5.32 Å². The molecular formula is C17H22BrNO3. The van der Waals surface area contributed by atoms with E-state index in [0.29, 0.717) is 12.0 Å². The first kappa shape index (κ1) is 18.4. The minimum absolute atomic E-state index is 0.510. The van der Waals surface area contributed by atoms with E-state index in [-0.39, 0.29) is 0 Å². The quantitative estimate of drug-likeness (QED) is 0.613. The van der Waals surface area contributed by atoms with Crippen molar-refractivity contribution in [1.29, 1.82) is 0 Å². The molecule has 0 spiro atoms. The van der Waals surface area contributed by atoms with E-state index in [1.807, 2.05) is 31.2 Å². The number of carbonyl (C=O) groups is 2. The van der Waals surface area contributed by atoms with Gasteiger partial charge in [-0.05, 0) is 44.9 Å². The molecule has 0 aliphatic carbocycles. The fraction of sp³-hybridized carbons (Fsp3) is 0.412. The normalized spacial score (nSPS) is 13.4. The highest BCUT2D eigenvalue weighted by Gasteiger charge is 2.22. The number of nitrogens with one attached hydrogen (secondary N) is 1. The molecule has 0 aliphatic heterocycles. The van der Waals surface area contributed by atoms with Gasteiger partial charge in [0.2, 0.25) is 0 Å². The summed E-state index contributed by atoms with van der Waals surface area (Å²) in [7, 11) is 0. The van der Waals surface area contributed by atoms with Gasteiger partial charge in [0.05, 0.1) is 6.04 Å². The van der Waals surface area contributed by atoms with Crippen LogP contribution in [0.4, 0.5) is 4.79 Å². The third-order valence-electron chi connectivity index (χ3n) is 2.77. The molecule has 1 amide bonds. The van der Waals surface area contributed by atoms with Crippen LogP contribution in [0.5, 0.6) is 0 Å². The smallest absolute Gasteiger partial charge is 0.408 e. The molecule has 0 saturated heterocycles. The van der Waals surface area contributed by atoms with E-state index in [1.54, 1.807) is 26.8 Å². The minimum atomic E-state index is -0.593. The Labute approximate surface area is 140 Å². The highest BCUT2D eigenvalue weighted by atomic mass is 79.9. The Morgan fingerprint density at radius 3 is 2.36 bits per heavy atom. The highest BCUT2D eigenvalue weighted by molar-refractivity contribution is 9.10. The van der Waals surface area contributed by atoms with Crippen LogP contribution in [0.15, 0.2) is 40.4 Å². The van der Waals surface area contributed by atoms with Gasteiger partial charge >= 0.3 is 6.09 Å². The van der Waals surface area contributed by atoms with Crippen molar-refractivity contribution in [3.05, 3.63) is 46.0 Å². The fourth-order valence-corrected chi connectivity index (χ4v) is 2.17. The molecule has 4 nitrogen and oxygen atoms in total. The summed E-state index contributed by atoms with van der Waals surface area (Å²) in [4.78, 5) is 23.4. The zero-order valence-corrected chi connectivity index (χ0v) is 14.9. The van der Waals surface area contributed by atoms with Gasteiger partial charge < -0.3 is 10.1 Å². The second-order valence-electron chi connectivity index (χ2n) is 5.86. The number of benzene rings is 1. The zero-order chi connectivity index (χ0) is 16.8. The fourth-order valence-electron chi connectivity index (χ4n) is 1.91. The standard InChI is InChI=1S/C17H22BrNO3/c1-5-6-13(11-20)15(12-7-9-14(18)10-8-12)19-16(21)22-17(2,3)4/h6-11,15H,5H2,1-4H3,(H,19,21)/b13-6-/t15-/m1/s1. The molecule has 0 fully saturated rings. The van der Waals surface area contributed by atoms with Crippen molar-refractivity contribution in [3.8, 4) is 0 Å². The van der Waals surface area contributed by atoms with E-state index < -0.39 is 17.7 Å². The van der Waals surface area contributed by atoms with Gasteiger partial charge in [-0.25, -0.2) is 4.79 Å². The third-order valence-corrected chi connectivity index (χ3v) is 3.30. The largest absolute Gasteiger partial charge is 0.444 e. The second-order valence-corrected chi connectivity index (χ2v) is 6.78. The first-order valence-corrected chi connectivity index (χ1v) is 7.96. The van der Waals surface area contributed by atoms with Gasteiger partial charge in [-0.1, -0.05) is 41.1 Å². The Morgan fingerprint density at radius 2 is 1.91 bits per heavy atom. The van der Waals surface area contributed by atoms with Crippen molar-refractivity contribution in [2.75, 3.05) is 0 Å². The lowest BCUT2D eigenvalue weighted by atomic mass is 9.99. The van der Waals surface area contributed by atoms with Gasteiger partial charge in [0, 0.05) is 10.0 Å². The lowest BCUT2D eigenvalue weighted by Gasteiger charge is -2.24. The van der Waals surface area contributed by atoms with E-state index in [0.717, 1.165) is 16.3 Å². The molecule has 0 aliphatic rings. The van der Waals surface area contributed by atoms with Crippen LogP contribution in [0, 0.1) is 0 Å². The molecule has 1 aromatic rings. The highest BCUT2D eigenvalue weighted by Crippen LogP contribution is 2.23. The number of halogens is 1. The van der Waals surface area contributed by atoms with E-state index in [9.17, 15) is 9.59 Å². The predicted molar refractivity (Wildman–Crippen MR) is 90.7 cm³/mol. The molecule has 1 atom stereocenters. The van der Waals surface area contributed by atoms with Gasteiger partial charge in [0.15, 0.2) is 0 Å². The molecular weight excluding hydrogens is 346 g/mol. The summed E-state index contributed by atoms with van der Waals surface area (Å²) in [6.07, 6.45) is 2.73. The van der Waals surface area contributed by atoms with Crippen molar-refractivity contribution in [2.45, 2.75) is 45.8 Å². The van der Waals surface area contributed by atoms with Crippen LogP contribution in [-0.4, -0.2) is 18.0 Å². The molecule has 0 heterocycles. The number of alkyl carbamates (subject to hydrolysis) is 1. The molecule has 1 N–H and O–H groups in total. The maximum atomic E-state index is 12.0. The van der Waals surface area contributed by atoms with Crippen molar-refractivity contribution in [3.63, 3.8) is 0 Å².